The summed E-state index contributed by atoms with van der Waals surface area (Å²) in [5.74, 6) is 0.646. The van der Waals surface area contributed by atoms with Gasteiger partial charge in [-0.2, -0.15) is 0 Å². The van der Waals surface area contributed by atoms with Crippen molar-refractivity contribution in [3.05, 3.63) is 72.6 Å². The van der Waals surface area contributed by atoms with E-state index >= 15 is 0 Å². The molecule has 1 aromatic heterocycles. The Bertz CT molecular complexity index is 923. The van der Waals surface area contributed by atoms with Gasteiger partial charge < -0.3 is 10.6 Å². The maximum atomic E-state index is 12.3. The number of hydrogen-bond donors (Lipinski definition) is 2. The molecule has 2 amide bonds. The van der Waals surface area contributed by atoms with Crippen LogP contribution < -0.4 is 10.6 Å². The molecule has 1 aliphatic rings. The summed E-state index contributed by atoms with van der Waals surface area (Å²) >= 11 is 0. The first-order valence-corrected chi connectivity index (χ1v) is 9.92. The van der Waals surface area contributed by atoms with Gasteiger partial charge >= 0.3 is 6.03 Å². The third kappa shape index (κ3) is 4.67. The van der Waals surface area contributed by atoms with Crippen LogP contribution in [0.3, 0.4) is 0 Å². The topological polar surface area (TPSA) is 57.3 Å². The first-order valence-electron chi connectivity index (χ1n) is 9.92. The van der Waals surface area contributed by atoms with Gasteiger partial charge in [0.25, 0.3) is 0 Å². The van der Waals surface area contributed by atoms with E-state index in [1.54, 1.807) is 12.4 Å². The summed E-state index contributed by atoms with van der Waals surface area (Å²) in [4.78, 5) is 18.9. The lowest BCUT2D eigenvalue weighted by atomic mass is 10.1. The van der Waals surface area contributed by atoms with E-state index in [2.05, 4.69) is 50.8 Å². The van der Waals surface area contributed by atoms with Gasteiger partial charge in [0.2, 0.25) is 0 Å². The number of aromatic nitrogens is 1. The van der Waals surface area contributed by atoms with Gasteiger partial charge in [-0.1, -0.05) is 42.5 Å². The van der Waals surface area contributed by atoms with Crippen LogP contribution in [-0.2, 0) is 6.54 Å². The molecular formula is C23H26N4O. The molecule has 5 heteroatoms. The number of benzene rings is 2. The van der Waals surface area contributed by atoms with Crippen molar-refractivity contribution in [1.29, 1.82) is 0 Å². The molecule has 144 valence electrons. The van der Waals surface area contributed by atoms with Crippen molar-refractivity contribution >= 4 is 22.5 Å². The first-order chi connectivity index (χ1) is 13.8. The molecule has 0 radical (unpaired) electrons. The van der Waals surface area contributed by atoms with Crippen molar-refractivity contribution in [3.63, 3.8) is 0 Å². The second-order valence-corrected chi connectivity index (χ2v) is 7.45. The van der Waals surface area contributed by atoms with Crippen LogP contribution in [-0.4, -0.2) is 35.5 Å². The van der Waals surface area contributed by atoms with Gasteiger partial charge in [-0.3, -0.25) is 9.88 Å². The van der Waals surface area contributed by atoms with E-state index in [4.69, 9.17) is 0 Å². The number of carbonyl (C=O) groups is 1. The molecule has 0 bridgehead atoms. The molecule has 1 aliphatic heterocycles. The average Bonchev–Trinajstić information content (AvgIpc) is 3.16. The third-order valence-electron chi connectivity index (χ3n) is 5.39. The zero-order chi connectivity index (χ0) is 19.2. The molecule has 1 atom stereocenters. The zero-order valence-electron chi connectivity index (χ0n) is 16.0. The molecule has 2 N–H and O–H groups in total. The maximum absolute atomic E-state index is 12.3. The number of fused-ring (bicyclic) bond motifs is 1. The van der Waals surface area contributed by atoms with E-state index in [-0.39, 0.29) is 6.03 Å². The number of urea groups is 1. The quantitative estimate of drug-likeness (QED) is 0.677. The summed E-state index contributed by atoms with van der Waals surface area (Å²) in [5, 5.41) is 7.98. The summed E-state index contributed by atoms with van der Waals surface area (Å²) < 4.78 is 0. The SMILES string of the molecule is O=C(NCC[C@@H]1CCN(Cc2ccccc2)C1)Nc1cccc2cnccc12. The molecule has 0 spiro atoms. The van der Waals surface area contributed by atoms with Crippen LogP contribution in [0, 0.1) is 5.92 Å². The maximum Gasteiger partial charge on any atom is 0.319 e. The van der Waals surface area contributed by atoms with Crippen LogP contribution in [0.5, 0.6) is 0 Å². The van der Waals surface area contributed by atoms with Crippen LogP contribution in [0.25, 0.3) is 10.8 Å². The Hall–Kier alpha value is -2.92. The van der Waals surface area contributed by atoms with Crippen LogP contribution in [0.1, 0.15) is 18.4 Å². The smallest absolute Gasteiger partial charge is 0.319 e. The predicted octanol–water partition coefficient (Wildman–Crippen LogP) is 4.27. The molecule has 28 heavy (non-hydrogen) atoms. The van der Waals surface area contributed by atoms with E-state index in [0.29, 0.717) is 12.5 Å². The molecule has 2 heterocycles. The molecule has 3 aromatic rings. The van der Waals surface area contributed by atoms with E-state index in [0.717, 1.165) is 42.5 Å². The van der Waals surface area contributed by atoms with Gasteiger partial charge in [0, 0.05) is 42.8 Å². The molecule has 0 unspecified atom stereocenters. The van der Waals surface area contributed by atoms with E-state index < -0.39 is 0 Å². The van der Waals surface area contributed by atoms with E-state index in [1.165, 1.54) is 12.0 Å². The molecule has 5 nitrogen and oxygen atoms in total. The number of nitrogens with zero attached hydrogens (tertiary/aromatic N) is 2. The Morgan fingerprint density at radius 1 is 1.11 bits per heavy atom. The number of amides is 2. The normalized spacial score (nSPS) is 16.9. The van der Waals surface area contributed by atoms with Gasteiger partial charge in [-0.05, 0) is 43.0 Å². The lowest BCUT2D eigenvalue weighted by molar-refractivity contribution is 0.251. The van der Waals surface area contributed by atoms with E-state index in [1.807, 2.05) is 24.3 Å². The summed E-state index contributed by atoms with van der Waals surface area (Å²) in [7, 11) is 0. The Balaban J connectivity index is 1.21. The van der Waals surface area contributed by atoms with Gasteiger partial charge in [0.05, 0.1) is 5.69 Å². The van der Waals surface area contributed by atoms with Gasteiger partial charge in [0.1, 0.15) is 0 Å². The lowest BCUT2D eigenvalue weighted by Gasteiger charge is -2.16. The first kappa shape index (κ1) is 18.4. The molecule has 1 fully saturated rings. The fourth-order valence-corrected chi connectivity index (χ4v) is 3.92. The van der Waals surface area contributed by atoms with Crippen molar-refractivity contribution in [2.75, 3.05) is 25.0 Å². The lowest BCUT2D eigenvalue weighted by Crippen LogP contribution is -2.31. The fraction of sp³-hybridized carbons (Fsp3) is 0.304. The molecule has 1 saturated heterocycles. The molecular weight excluding hydrogens is 348 g/mol. The second kappa shape index (κ2) is 8.85. The average molecular weight is 374 g/mol. The van der Waals surface area contributed by atoms with Crippen LogP contribution >= 0.6 is 0 Å². The summed E-state index contributed by atoms with van der Waals surface area (Å²) in [6, 6.07) is 18.2. The number of likely N-dealkylation sites (tertiary alicyclic amines) is 1. The highest BCUT2D eigenvalue weighted by atomic mass is 16.2. The predicted molar refractivity (Wildman–Crippen MR) is 113 cm³/mol. The standard InChI is InChI=1S/C23H26N4O/c28-23(26-22-8-4-7-20-15-24-12-10-21(20)22)25-13-9-19-11-14-27(17-19)16-18-5-2-1-3-6-18/h1-8,10,12,15,19H,9,11,13-14,16-17H2,(H2,25,26,28)/t19-/m1/s1. The van der Waals surface area contributed by atoms with Crippen molar-refractivity contribution in [3.8, 4) is 0 Å². The Morgan fingerprint density at radius 2 is 2.00 bits per heavy atom. The fourth-order valence-electron chi connectivity index (χ4n) is 3.92. The third-order valence-corrected chi connectivity index (χ3v) is 5.39. The monoisotopic (exact) mass is 374 g/mol. The van der Waals surface area contributed by atoms with E-state index in [9.17, 15) is 4.79 Å². The summed E-state index contributed by atoms with van der Waals surface area (Å²) in [6.07, 6.45) is 5.76. The number of pyridine rings is 1. The van der Waals surface area contributed by atoms with Crippen LogP contribution in [0.15, 0.2) is 67.0 Å². The highest BCUT2D eigenvalue weighted by molar-refractivity contribution is 6.01. The second-order valence-electron chi connectivity index (χ2n) is 7.45. The number of hydrogen-bond acceptors (Lipinski definition) is 3. The van der Waals surface area contributed by atoms with Crippen LogP contribution in [0.2, 0.25) is 0 Å². The Labute approximate surface area is 165 Å². The zero-order valence-corrected chi connectivity index (χ0v) is 16.0. The largest absolute Gasteiger partial charge is 0.338 e. The minimum atomic E-state index is -0.150. The number of nitrogens with one attached hydrogen (secondary N) is 2. The number of carbonyl (C=O) groups excluding carboxylic acids is 1. The van der Waals surface area contributed by atoms with Crippen LogP contribution in [0.4, 0.5) is 10.5 Å². The molecule has 2 aromatic carbocycles. The molecule has 0 saturated carbocycles. The molecule has 0 aliphatic carbocycles. The van der Waals surface area contributed by atoms with Crippen molar-refractivity contribution < 1.29 is 4.79 Å². The minimum absolute atomic E-state index is 0.150. The van der Waals surface area contributed by atoms with Gasteiger partial charge in [0.15, 0.2) is 0 Å². The molecule has 4 rings (SSSR count). The minimum Gasteiger partial charge on any atom is -0.338 e. The highest BCUT2D eigenvalue weighted by Gasteiger charge is 2.22. The summed E-state index contributed by atoms with van der Waals surface area (Å²) in [6.45, 7) is 3.95. The number of rotatable bonds is 6. The Morgan fingerprint density at radius 3 is 2.89 bits per heavy atom. The number of anilines is 1. The summed E-state index contributed by atoms with van der Waals surface area (Å²) in [5.41, 5.74) is 2.18. The highest BCUT2D eigenvalue weighted by Crippen LogP contribution is 2.23. The van der Waals surface area contributed by atoms with Crippen molar-refractivity contribution in [1.82, 2.24) is 15.2 Å². The Kier molecular flexibility index (Phi) is 5.83. The van der Waals surface area contributed by atoms with Crippen molar-refractivity contribution in [2.24, 2.45) is 5.92 Å². The van der Waals surface area contributed by atoms with Gasteiger partial charge in [-0.25, -0.2) is 4.79 Å². The van der Waals surface area contributed by atoms with Crippen molar-refractivity contribution in [2.45, 2.75) is 19.4 Å². The van der Waals surface area contributed by atoms with Gasteiger partial charge in [-0.15, -0.1) is 0 Å².